The minimum atomic E-state index is -0.216. The van der Waals surface area contributed by atoms with Crippen LogP contribution in [0, 0.1) is 0 Å². The zero-order valence-corrected chi connectivity index (χ0v) is 14.9. The molecule has 0 atom stereocenters. The number of anilines is 1. The van der Waals surface area contributed by atoms with Crippen LogP contribution in [0.3, 0.4) is 0 Å². The molecule has 0 bridgehead atoms. The Labute approximate surface area is 144 Å². The monoisotopic (exact) mass is 344 g/mol. The van der Waals surface area contributed by atoms with Crippen molar-refractivity contribution in [3.63, 3.8) is 0 Å². The molecule has 0 saturated heterocycles. The number of aromatic nitrogens is 3. The second kappa shape index (κ2) is 7.09. The van der Waals surface area contributed by atoms with E-state index in [2.05, 4.69) is 34.3 Å². The molecule has 3 aromatic heterocycles. The van der Waals surface area contributed by atoms with E-state index in [1.165, 1.54) is 11.1 Å². The molecule has 0 unspecified atom stereocenters. The van der Waals surface area contributed by atoms with E-state index < -0.39 is 0 Å². The quantitative estimate of drug-likeness (QED) is 0.731. The number of hydrogen-bond donors (Lipinski definition) is 1. The van der Waals surface area contributed by atoms with Gasteiger partial charge in [0.15, 0.2) is 5.13 Å². The van der Waals surface area contributed by atoms with Crippen LogP contribution in [0.1, 0.15) is 53.8 Å². The molecule has 24 heavy (non-hydrogen) atoms. The molecule has 126 valence electrons. The highest BCUT2D eigenvalue weighted by Gasteiger charge is 2.15. The van der Waals surface area contributed by atoms with Gasteiger partial charge in [0.1, 0.15) is 0 Å². The fourth-order valence-corrected chi connectivity index (χ4v) is 3.52. The Morgan fingerprint density at radius 2 is 2.08 bits per heavy atom. The predicted molar refractivity (Wildman–Crippen MR) is 94.6 cm³/mol. The zero-order valence-electron chi connectivity index (χ0n) is 14.0. The van der Waals surface area contributed by atoms with E-state index in [-0.39, 0.29) is 5.91 Å². The molecule has 1 N–H and O–H groups in total. The lowest BCUT2D eigenvalue weighted by atomic mass is 10.2. The highest BCUT2D eigenvalue weighted by molar-refractivity contribution is 7.15. The number of pyridine rings is 1. The first-order valence-corrected chi connectivity index (χ1v) is 9.02. The first-order valence-electron chi connectivity index (χ1n) is 8.20. The van der Waals surface area contributed by atoms with Crippen LogP contribution in [0.2, 0.25) is 0 Å². The van der Waals surface area contributed by atoms with E-state index >= 15 is 0 Å². The number of hydrogen-bond acceptors (Lipinski definition) is 6. The van der Waals surface area contributed by atoms with E-state index in [1.54, 1.807) is 17.4 Å². The van der Waals surface area contributed by atoms with Gasteiger partial charge < -0.3 is 4.52 Å². The summed E-state index contributed by atoms with van der Waals surface area (Å²) in [5.41, 5.74) is 2.82. The summed E-state index contributed by atoms with van der Waals surface area (Å²) in [5, 5.41) is 8.27. The van der Waals surface area contributed by atoms with Gasteiger partial charge in [0.25, 0.3) is 11.6 Å². The number of amides is 1. The van der Waals surface area contributed by atoms with Crippen molar-refractivity contribution in [2.24, 2.45) is 0 Å². The Kier molecular flexibility index (Phi) is 4.89. The Balaban J connectivity index is 1.84. The van der Waals surface area contributed by atoms with Gasteiger partial charge in [0.2, 0.25) is 0 Å². The fourth-order valence-electron chi connectivity index (χ4n) is 2.57. The van der Waals surface area contributed by atoms with Crippen LogP contribution in [-0.2, 0) is 19.3 Å². The third-order valence-corrected chi connectivity index (χ3v) is 4.97. The van der Waals surface area contributed by atoms with Gasteiger partial charge in [-0.3, -0.25) is 10.1 Å². The SMILES string of the molecule is CCCc1nc(NC(=O)c2cnc3onc(CC)c3c2)sc1CC. The lowest BCUT2D eigenvalue weighted by Crippen LogP contribution is -2.12. The minimum Gasteiger partial charge on any atom is -0.336 e. The van der Waals surface area contributed by atoms with Crippen LogP contribution in [0.25, 0.3) is 11.1 Å². The van der Waals surface area contributed by atoms with Crippen LogP contribution in [0.4, 0.5) is 5.13 Å². The second-order valence-electron chi connectivity index (χ2n) is 5.51. The second-order valence-corrected chi connectivity index (χ2v) is 6.59. The van der Waals surface area contributed by atoms with E-state index in [0.717, 1.165) is 42.5 Å². The molecule has 0 spiro atoms. The predicted octanol–water partition coefficient (Wildman–Crippen LogP) is 4.01. The van der Waals surface area contributed by atoms with Crippen LogP contribution in [0.15, 0.2) is 16.8 Å². The van der Waals surface area contributed by atoms with Gasteiger partial charge in [0, 0.05) is 11.1 Å². The molecule has 3 heterocycles. The first kappa shape index (κ1) is 16.6. The molecule has 0 aliphatic carbocycles. The molecular formula is C17H20N4O2S. The van der Waals surface area contributed by atoms with E-state index in [4.69, 9.17) is 4.52 Å². The summed E-state index contributed by atoms with van der Waals surface area (Å²) >= 11 is 1.54. The number of thiazole rings is 1. The molecule has 6 nitrogen and oxygen atoms in total. The molecule has 0 aliphatic rings. The highest BCUT2D eigenvalue weighted by Crippen LogP contribution is 2.25. The summed E-state index contributed by atoms with van der Waals surface area (Å²) < 4.78 is 5.15. The lowest BCUT2D eigenvalue weighted by Gasteiger charge is -2.01. The molecule has 3 aromatic rings. The molecule has 0 aromatic carbocycles. The molecule has 7 heteroatoms. The van der Waals surface area contributed by atoms with Crippen molar-refractivity contribution in [2.75, 3.05) is 5.32 Å². The molecule has 1 amide bonds. The molecular weight excluding hydrogens is 324 g/mol. The van der Waals surface area contributed by atoms with Crippen LogP contribution in [0.5, 0.6) is 0 Å². The van der Waals surface area contributed by atoms with Gasteiger partial charge >= 0.3 is 0 Å². The summed E-state index contributed by atoms with van der Waals surface area (Å²) in [7, 11) is 0. The maximum Gasteiger partial charge on any atom is 0.259 e. The van der Waals surface area contributed by atoms with Gasteiger partial charge in [-0.1, -0.05) is 32.3 Å². The van der Waals surface area contributed by atoms with Crippen molar-refractivity contribution in [1.82, 2.24) is 15.1 Å². The van der Waals surface area contributed by atoms with Crippen molar-refractivity contribution in [3.05, 3.63) is 34.1 Å². The summed E-state index contributed by atoms with van der Waals surface area (Å²) in [5.74, 6) is -0.216. The minimum absolute atomic E-state index is 0.216. The number of fused-ring (bicyclic) bond motifs is 1. The van der Waals surface area contributed by atoms with E-state index in [1.807, 2.05) is 6.92 Å². The van der Waals surface area contributed by atoms with E-state index in [0.29, 0.717) is 16.4 Å². The fraction of sp³-hybridized carbons (Fsp3) is 0.412. The maximum absolute atomic E-state index is 12.5. The number of nitrogens with one attached hydrogen (secondary N) is 1. The number of rotatable bonds is 6. The van der Waals surface area contributed by atoms with Crippen LogP contribution in [-0.4, -0.2) is 21.0 Å². The Morgan fingerprint density at radius 1 is 1.25 bits per heavy atom. The molecule has 0 radical (unpaired) electrons. The highest BCUT2D eigenvalue weighted by atomic mass is 32.1. The third kappa shape index (κ3) is 3.17. The number of nitrogens with zero attached hydrogens (tertiary/aromatic N) is 3. The van der Waals surface area contributed by atoms with Crippen molar-refractivity contribution in [2.45, 2.75) is 46.5 Å². The third-order valence-electron chi connectivity index (χ3n) is 3.81. The van der Waals surface area contributed by atoms with Gasteiger partial charge in [-0.25, -0.2) is 9.97 Å². The smallest absolute Gasteiger partial charge is 0.259 e. The van der Waals surface area contributed by atoms with Crippen LogP contribution >= 0.6 is 11.3 Å². The number of carbonyl (C=O) groups is 1. The summed E-state index contributed by atoms with van der Waals surface area (Å²) in [4.78, 5) is 22.5. The summed E-state index contributed by atoms with van der Waals surface area (Å²) in [6.45, 7) is 6.22. The summed E-state index contributed by atoms with van der Waals surface area (Å²) in [6, 6.07) is 1.77. The van der Waals surface area contributed by atoms with Gasteiger partial charge in [-0.15, -0.1) is 11.3 Å². The largest absolute Gasteiger partial charge is 0.336 e. The molecule has 0 fully saturated rings. The molecule has 3 rings (SSSR count). The lowest BCUT2D eigenvalue weighted by molar-refractivity contribution is 0.102. The number of carbonyl (C=O) groups excluding carboxylic acids is 1. The average molecular weight is 344 g/mol. The average Bonchev–Trinajstić information content (AvgIpc) is 3.17. The van der Waals surface area contributed by atoms with Crippen molar-refractivity contribution in [3.8, 4) is 0 Å². The molecule has 0 aliphatic heterocycles. The molecule has 0 saturated carbocycles. The normalized spacial score (nSPS) is 11.1. The van der Waals surface area contributed by atoms with Crippen molar-refractivity contribution in [1.29, 1.82) is 0 Å². The Morgan fingerprint density at radius 3 is 2.79 bits per heavy atom. The Hall–Kier alpha value is -2.28. The number of aryl methyl sites for hydroxylation is 3. The summed E-state index contributed by atoms with van der Waals surface area (Å²) in [6.07, 6.45) is 5.13. The van der Waals surface area contributed by atoms with E-state index in [9.17, 15) is 4.79 Å². The maximum atomic E-state index is 12.5. The van der Waals surface area contributed by atoms with Gasteiger partial charge in [-0.05, 0) is 25.3 Å². The Bertz CT molecular complexity index is 869. The van der Waals surface area contributed by atoms with Gasteiger partial charge in [-0.2, -0.15) is 0 Å². The first-order chi connectivity index (χ1) is 11.7. The van der Waals surface area contributed by atoms with Crippen LogP contribution < -0.4 is 5.32 Å². The topological polar surface area (TPSA) is 80.9 Å². The zero-order chi connectivity index (χ0) is 17.1. The van der Waals surface area contributed by atoms with Gasteiger partial charge in [0.05, 0.1) is 22.3 Å². The standard InChI is InChI=1S/C17H20N4O2S/c1-4-7-13-14(6-3)24-17(19-13)20-15(22)10-8-11-12(5-2)21-23-16(11)18-9-10/h8-9H,4-7H2,1-3H3,(H,19,20,22). The van der Waals surface area contributed by atoms with Crippen molar-refractivity contribution >= 4 is 33.5 Å². The van der Waals surface area contributed by atoms with Crippen molar-refractivity contribution < 1.29 is 9.32 Å².